The van der Waals surface area contributed by atoms with Crippen LogP contribution in [0.1, 0.15) is 13.3 Å². The third kappa shape index (κ3) is 5.09. The van der Waals surface area contributed by atoms with Gasteiger partial charge in [-0.15, -0.1) is 0 Å². The minimum Gasteiger partial charge on any atom is -0.495 e. The van der Waals surface area contributed by atoms with Gasteiger partial charge in [-0.1, -0.05) is 0 Å². The van der Waals surface area contributed by atoms with Crippen molar-refractivity contribution in [3.05, 3.63) is 53.1 Å². The molecule has 0 saturated heterocycles. The van der Waals surface area contributed by atoms with Crippen LogP contribution in [0.25, 0.3) is 11.4 Å². The van der Waals surface area contributed by atoms with Gasteiger partial charge in [-0.2, -0.15) is 5.10 Å². The number of nitrogens with one attached hydrogen (secondary N) is 3. The topological polar surface area (TPSA) is 101 Å². The third-order valence-corrected chi connectivity index (χ3v) is 4.53. The second-order valence-corrected chi connectivity index (χ2v) is 6.79. The summed E-state index contributed by atoms with van der Waals surface area (Å²) in [6.45, 7) is 1.66. The van der Waals surface area contributed by atoms with E-state index < -0.39 is 0 Å². The summed E-state index contributed by atoms with van der Waals surface area (Å²) in [5, 5.41) is 12.3. The van der Waals surface area contributed by atoms with Crippen LogP contribution in [0.4, 0.5) is 15.8 Å². The average Bonchev–Trinajstić information content (AvgIpc) is 3.07. The molecule has 1 aromatic heterocycles. The Morgan fingerprint density at radius 2 is 1.93 bits per heavy atom. The zero-order chi connectivity index (χ0) is 21.7. The van der Waals surface area contributed by atoms with Gasteiger partial charge in [0.1, 0.15) is 11.6 Å². The predicted molar refractivity (Wildman–Crippen MR) is 113 cm³/mol. The first kappa shape index (κ1) is 21.2. The van der Waals surface area contributed by atoms with Crippen molar-refractivity contribution >= 4 is 35.4 Å². The largest absolute Gasteiger partial charge is 0.495 e. The van der Waals surface area contributed by atoms with Crippen molar-refractivity contribution in [2.45, 2.75) is 19.9 Å². The molecule has 156 valence electrons. The van der Waals surface area contributed by atoms with E-state index >= 15 is 0 Å². The van der Waals surface area contributed by atoms with E-state index in [2.05, 4.69) is 20.8 Å². The van der Waals surface area contributed by atoms with Gasteiger partial charge in [0.15, 0.2) is 10.6 Å². The summed E-state index contributed by atoms with van der Waals surface area (Å²) < 4.78 is 20.5. The van der Waals surface area contributed by atoms with Gasteiger partial charge in [-0.25, -0.2) is 4.39 Å². The number of ether oxygens (including phenoxy) is 1. The first-order valence-electron chi connectivity index (χ1n) is 9.04. The highest BCUT2D eigenvalue weighted by molar-refractivity contribution is 7.71. The summed E-state index contributed by atoms with van der Waals surface area (Å²) in [6.07, 6.45) is 0.107. The molecule has 0 atom stereocenters. The maximum absolute atomic E-state index is 13.2. The van der Waals surface area contributed by atoms with Gasteiger partial charge in [0.2, 0.25) is 11.8 Å². The molecule has 10 heteroatoms. The van der Waals surface area contributed by atoms with Crippen molar-refractivity contribution in [1.82, 2.24) is 14.8 Å². The van der Waals surface area contributed by atoms with Gasteiger partial charge in [0.25, 0.3) is 0 Å². The molecule has 0 aliphatic heterocycles. The number of rotatable bonds is 7. The number of halogens is 1. The van der Waals surface area contributed by atoms with Crippen molar-refractivity contribution in [3.8, 4) is 17.1 Å². The zero-order valence-electron chi connectivity index (χ0n) is 16.4. The van der Waals surface area contributed by atoms with Crippen molar-refractivity contribution < 1.29 is 18.7 Å². The molecule has 0 saturated carbocycles. The highest BCUT2D eigenvalue weighted by Gasteiger charge is 2.13. The summed E-state index contributed by atoms with van der Waals surface area (Å²) in [5.41, 5.74) is 1.64. The maximum Gasteiger partial charge on any atom is 0.226 e. The van der Waals surface area contributed by atoms with Crippen molar-refractivity contribution in [1.29, 1.82) is 0 Å². The summed E-state index contributed by atoms with van der Waals surface area (Å²) in [5.74, 6) is 0.123. The zero-order valence-corrected chi connectivity index (χ0v) is 17.2. The van der Waals surface area contributed by atoms with E-state index in [9.17, 15) is 14.0 Å². The number of benzene rings is 2. The van der Waals surface area contributed by atoms with Gasteiger partial charge in [0.05, 0.1) is 12.8 Å². The van der Waals surface area contributed by atoms with Crippen molar-refractivity contribution in [2.24, 2.45) is 0 Å². The standard InChI is InChI=1S/C20H20FN5O3S/c1-12(27)22-15-7-8-17(29-2)16(11-15)23-18(28)9-10-26-19(24-25-20(26)30)13-3-5-14(21)6-4-13/h3-8,11H,9-10H2,1-2H3,(H,22,27)(H,23,28)(H,25,30). The molecule has 2 aromatic carbocycles. The lowest BCUT2D eigenvalue weighted by Crippen LogP contribution is -2.16. The molecule has 0 bridgehead atoms. The molecule has 1 heterocycles. The minimum absolute atomic E-state index is 0.107. The minimum atomic E-state index is -0.353. The van der Waals surface area contributed by atoms with Crippen molar-refractivity contribution in [3.63, 3.8) is 0 Å². The Morgan fingerprint density at radius 3 is 2.60 bits per heavy atom. The summed E-state index contributed by atoms with van der Waals surface area (Å²) in [4.78, 5) is 23.8. The first-order valence-corrected chi connectivity index (χ1v) is 9.45. The van der Waals surface area contributed by atoms with E-state index in [4.69, 9.17) is 17.0 Å². The Bertz CT molecular complexity index is 1120. The molecule has 0 aliphatic carbocycles. The Labute approximate surface area is 177 Å². The number of anilines is 2. The van der Waals surface area contributed by atoms with E-state index in [0.29, 0.717) is 33.3 Å². The lowest BCUT2D eigenvalue weighted by molar-refractivity contribution is -0.116. The fraction of sp³-hybridized carbons (Fsp3) is 0.200. The number of aromatic amines is 1. The normalized spacial score (nSPS) is 10.5. The Hall–Kier alpha value is -3.53. The lowest BCUT2D eigenvalue weighted by Gasteiger charge is -2.13. The van der Waals surface area contributed by atoms with Gasteiger partial charge in [-0.3, -0.25) is 19.3 Å². The van der Waals surface area contributed by atoms with Gasteiger partial charge >= 0.3 is 0 Å². The molecule has 0 spiro atoms. The monoisotopic (exact) mass is 429 g/mol. The average molecular weight is 429 g/mol. The third-order valence-electron chi connectivity index (χ3n) is 4.22. The van der Waals surface area contributed by atoms with E-state index in [-0.39, 0.29) is 30.6 Å². The summed E-state index contributed by atoms with van der Waals surface area (Å²) in [7, 11) is 1.49. The lowest BCUT2D eigenvalue weighted by atomic mass is 10.2. The SMILES string of the molecule is COc1ccc(NC(C)=O)cc1NC(=O)CCn1c(-c2ccc(F)cc2)n[nH]c1=S. The predicted octanol–water partition coefficient (Wildman–Crippen LogP) is 3.74. The smallest absolute Gasteiger partial charge is 0.226 e. The molecule has 0 radical (unpaired) electrons. The van der Waals surface area contributed by atoms with Gasteiger partial charge < -0.3 is 15.4 Å². The van der Waals surface area contributed by atoms with E-state index in [1.165, 1.54) is 26.2 Å². The highest BCUT2D eigenvalue weighted by atomic mass is 32.1. The van der Waals surface area contributed by atoms with Crippen LogP contribution in [0.2, 0.25) is 0 Å². The molecule has 0 aliphatic rings. The van der Waals surface area contributed by atoms with Crippen LogP contribution in [0, 0.1) is 10.6 Å². The Morgan fingerprint density at radius 1 is 1.20 bits per heavy atom. The van der Waals surface area contributed by atoms with E-state index in [1.807, 2.05) is 0 Å². The first-order chi connectivity index (χ1) is 14.4. The summed E-state index contributed by atoms with van der Waals surface area (Å²) >= 11 is 5.26. The highest BCUT2D eigenvalue weighted by Crippen LogP contribution is 2.28. The van der Waals surface area contributed by atoms with Crippen LogP contribution < -0.4 is 15.4 Å². The molecule has 0 unspecified atom stereocenters. The number of methoxy groups -OCH3 is 1. The number of aromatic nitrogens is 3. The van der Waals surface area contributed by atoms with Crippen LogP contribution in [-0.2, 0) is 16.1 Å². The van der Waals surface area contributed by atoms with Crippen LogP contribution in [-0.4, -0.2) is 33.7 Å². The summed E-state index contributed by atoms with van der Waals surface area (Å²) in [6, 6.07) is 10.8. The number of amides is 2. The number of nitrogens with zero attached hydrogens (tertiary/aromatic N) is 2. The van der Waals surface area contributed by atoms with Crippen LogP contribution in [0.15, 0.2) is 42.5 Å². The second kappa shape index (κ2) is 9.31. The van der Waals surface area contributed by atoms with Crippen LogP contribution >= 0.6 is 12.2 Å². The van der Waals surface area contributed by atoms with Crippen molar-refractivity contribution in [2.75, 3.05) is 17.7 Å². The number of H-pyrrole nitrogens is 1. The molecule has 30 heavy (non-hydrogen) atoms. The molecule has 3 aromatic rings. The Kier molecular flexibility index (Phi) is 6.58. The fourth-order valence-electron chi connectivity index (χ4n) is 2.86. The molecule has 0 fully saturated rings. The Balaban J connectivity index is 1.73. The van der Waals surface area contributed by atoms with Gasteiger partial charge in [0, 0.05) is 31.1 Å². The van der Waals surface area contributed by atoms with Crippen LogP contribution in [0.5, 0.6) is 5.75 Å². The van der Waals surface area contributed by atoms with E-state index in [0.717, 1.165) is 0 Å². The fourth-order valence-corrected chi connectivity index (χ4v) is 3.08. The molecule has 3 N–H and O–H groups in total. The number of hydrogen-bond acceptors (Lipinski definition) is 5. The molecular weight excluding hydrogens is 409 g/mol. The number of hydrogen-bond donors (Lipinski definition) is 3. The van der Waals surface area contributed by atoms with E-state index in [1.54, 1.807) is 34.9 Å². The number of carbonyl (C=O) groups is 2. The molecule has 3 rings (SSSR count). The number of carbonyl (C=O) groups excluding carboxylic acids is 2. The van der Waals surface area contributed by atoms with Gasteiger partial charge in [-0.05, 0) is 54.7 Å². The molecule has 2 amide bonds. The van der Waals surface area contributed by atoms with Crippen LogP contribution in [0.3, 0.4) is 0 Å². The second-order valence-electron chi connectivity index (χ2n) is 6.41. The molecule has 8 nitrogen and oxygen atoms in total. The molecular formula is C20H20FN5O3S. The quantitative estimate of drug-likeness (QED) is 0.497. The maximum atomic E-state index is 13.2.